The zero-order valence-corrected chi connectivity index (χ0v) is 11.6. The molecular formula is C14H21FN2O2. The molecule has 0 bridgehead atoms. The van der Waals surface area contributed by atoms with Crippen molar-refractivity contribution in [1.82, 2.24) is 5.32 Å². The van der Waals surface area contributed by atoms with Crippen LogP contribution in [-0.2, 0) is 4.79 Å². The Labute approximate surface area is 113 Å². The smallest absolute Gasteiger partial charge is 0.237 e. The van der Waals surface area contributed by atoms with E-state index in [1.807, 2.05) is 6.92 Å². The van der Waals surface area contributed by atoms with Crippen molar-refractivity contribution in [2.45, 2.75) is 32.2 Å². The van der Waals surface area contributed by atoms with Gasteiger partial charge in [-0.05, 0) is 51.4 Å². The number of likely N-dealkylation sites (N-methyl/N-ethyl adjacent to an activating group) is 1. The Kier molecular flexibility index (Phi) is 5.30. The molecule has 0 aliphatic heterocycles. The van der Waals surface area contributed by atoms with E-state index in [1.165, 1.54) is 6.07 Å². The Balaban J connectivity index is 2.47. The van der Waals surface area contributed by atoms with Crippen LogP contribution in [0.1, 0.15) is 25.3 Å². The van der Waals surface area contributed by atoms with Gasteiger partial charge in [0.2, 0.25) is 5.91 Å². The molecular weight excluding hydrogens is 247 g/mol. The zero-order valence-electron chi connectivity index (χ0n) is 11.6. The number of hydrogen-bond acceptors (Lipinski definition) is 3. The van der Waals surface area contributed by atoms with Crippen molar-refractivity contribution in [2.24, 2.45) is 5.73 Å². The van der Waals surface area contributed by atoms with E-state index in [2.05, 4.69) is 5.32 Å². The molecule has 1 aromatic rings. The lowest BCUT2D eigenvalue weighted by Crippen LogP contribution is -2.51. The third-order valence-electron chi connectivity index (χ3n) is 3.26. The molecule has 4 nitrogen and oxygen atoms in total. The summed E-state index contributed by atoms with van der Waals surface area (Å²) in [5.41, 5.74) is 5.50. The zero-order chi connectivity index (χ0) is 14.5. The third kappa shape index (κ3) is 4.21. The number of benzene rings is 1. The number of carbonyl (C=O) groups excluding carboxylic acids is 1. The molecule has 1 amide bonds. The Morgan fingerprint density at radius 1 is 1.53 bits per heavy atom. The fourth-order valence-electron chi connectivity index (χ4n) is 1.70. The number of rotatable bonds is 7. The van der Waals surface area contributed by atoms with E-state index in [0.29, 0.717) is 19.4 Å². The van der Waals surface area contributed by atoms with Gasteiger partial charge in [-0.2, -0.15) is 0 Å². The van der Waals surface area contributed by atoms with Gasteiger partial charge in [0.05, 0.1) is 12.1 Å². The molecule has 0 saturated heterocycles. The first kappa shape index (κ1) is 15.4. The van der Waals surface area contributed by atoms with Crippen LogP contribution in [0.15, 0.2) is 18.2 Å². The Hall–Kier alpha value is -1.62. The number of carbonyl (C=O) groups is 1. The molecule has 1 unspecified atom stereocenters. The Bertz CT molecular complexity index is 451. The lowest BCUT2D eigenvalue weighted by molar-refractivity contribution is -0.123. The summed E-state index contributed by atoms with van der Waals surface area (Å²) in [6.07, 6.45) is 1.14. The summed E-state index contributed by atoms with van der Waals surface area (Å²) >= 11 is 0. The minimum absolute atomic E-state index is 0.241. The first-order chi connectivity index (χ1) is 8.89. The van der Waals surface area contributed by atoms with Gasteiger partial charge in [-0.1, -0.05) is 6.07 Å². The number of nitrogens with one attached hydrogen (secondary N) is 1. The Morgan fingerprint density at radius 3 is 2.79 bits per heavy atom. The first-order valence-electron chi connectivity index (χ1n) is 6.27. The molecule has 1 rings (SSSR count). The Morgan fingerprint density at radius 2 is 2.21 bits per heavy atom. The van der Waals surface area contributed by atoms with Crippen molar-refractivity contribution in [3.63, 3.8) is 0 Å². The minimum atomic E-state index is -0.755. The summed E-state index contributed by atoms with van der Waals surface area (Å²) in [5.74, 6) is -0.543. The first-order valence-corrected chi connectivity index (χ1v) is 6.27. The average Bonchev–Trinajstić information content (AvgIpc) is 2.38. The standard InChI is InChI=1S/C14H21FN2O2/c1-10-5-6-11(15)12(9-10)19-8-4-7-14(2,17-3)13(16)18/h5-6,9,17H,4,7-8H2,1-3H3,(H2,16,18). The number of hydrogen-bond donors (Lipinski definition) is 2. The maximum atomic E-state index is 13.4. The number of aryl methyl sites for hydroxylation is 1. The molecule has 0 radical (unpaired) electrons. The maximum absolute atomic E-state index is 13.4. The van der Waals surface area contributed by atoms with Crippen LogP contribution in [-0.4, -0.2) is 25.1 Å². The fourth-order valence-corrected chi connectivity index (χ4v) is 1.70. The lowest BCUT2D eigenvalue weighted by atomic mass is 9.95. The SMILES string of the molecule is CNC(C)(CCCOc1cc(C)ccc1F)C(N)=O. The average molecular weight is 268 g/mol. The van der Waals surface area contributed by atoms with E-state index in [1.54, 1.807) is 26.1 Å². The molecule has 3 N–H and O–H groups in total. The highest BCUT2D eigenvalue weighted by atomic mass is 19.1. The molecule has 1 aromatic carbocycles. The van der Waals surface area contributed by atoms with Crippen LogP contribution in [0.25, 0.3) is 0 Å². The number of ether oxygens (including phenoxy) is 1. The van der Waals surface area contributed by atoms with Gasteiger partial charge >= 0.3 is 0 Å². The molecule has 5 heteroatoms. The van der Waals surface area contributed by atoms with Gasteiger partial charge in [0, 0.05) is 0 Å². The number of nitrogens with two attached hydrogens (primary N) is 1. The van der Waals surface area contributed by atoms with Gasteiger partial charge in [0.1, 0.15) is 0 Å². The molecule has 0 aliphatic rings. The van der Waals surface area contributed by atoms with E-state index in [0.717, 1.165) is 5.56 Å². The quantitative estimate of drug-likeness (QED) is 0.741. The van der Waals surface area contributed by atoms with Gasteiger partial charge in [-0.25, -0.2) is 4.39 Å². The molecule has 0 saturated carbocycles. The largest absolute Gasteiger partial charge is 0.491 e. The van der Waals surface area contributed by atoms with E-state index < -0.39 is 11.4 Å². The molecule has 0 aromatic heterocycles. The molecule has 0 aliphatic carbocycles. The molecule has 0 heterocycles. The fraction of sp³-hybridized carbons (Fsp3) is 0.500. The highest BCUT2D eigenvalue weighted by molar-refractivity contribution is 5.84. The highest BCUT2D eigenvalue weighted by Crippen LogP contribution is 2.19. The molecule has 1 atom stereocenters. The van der Waals surface area contributed by atoms with Crippen LogP contribution in [0.2, 0.25) is 0 Å². The minimum Gasteiger partial charge on any atom is -0.491 e. The third-order valence-corrected chi connectivity index (χ3v) is 3.26. The summed E-state index contributed by atoms with van der Waals surface area (Å²) in [5, 5.41) is 2.89. The molecule has 0 fully saturated rings. The van der Waals surface area contributed by atoms with Crippen molar-refractivity contribution < 1.29 is 13.9 Å². The van der Waals surface area contributed by atoms with E-state index in [-0.39, 0.29) is 11.6 Å². The number of primary amides is 1. The topological polar surface area (TPSA) is 64.3 Å². The molecule has 19 heavy (non-hydrogen) atoms. The number of amides is 1. The van der Waals surface area contributed by atoms with Crippen LogP contribution in [0.3, 0.4) is 0 Å². The van der Waals surface area contributed by atoms with Gasteiger partial charge in [0.25, 0.3) is 0 Å². The van der Waals surface area contributed by atoms with E-state index >= 15 is 0 Å². The van der Waals surface area contributed by atoms with Crippen LogP contribution in [0, 0.1) is 12.7 Å². The van der Waals surface area contributed by atoms with E-state index in [4.69, 9.17) is 10.5 Å². The van der Waals surface area contributed by atoms with Gasteiger partial charge in [-0.3, -0.25) is 4.79 Å². The maximum Gasteiger partial charge on any atom is 0.237 e. The predicted molar refractivity (Wildman–Crippen MR) is 72.5 cm³/mol. The summed E-state index contributed by atoms with van der Waals surface area (Å²) in [6, 6.07) is 4.72. The van der Waals surface area contributed by atoms with Crippen LogP contribution in [0.4, 0.5) is 4.39 Å². The second kappa shape index (κ2) is 6.52. The van der Waals surface area contributed by atoms with Crippen molar-refractivity contribution in [3.8, 4) is 5.75 Å². The normalized spacial score (nSPS) is 13.9. The van der Waals surface area contributed by atoms with E-state index in [9.17, 15) is 9.18 Å². The van der Waals surface area contributed by atoms with Crippen molar-refractivity contribution >= 4 is 5.91 Å². The van der Waals surface area contributed by atoms with Gasteiger partial charge in [0.15, 0.2) is 11.6 Å². The van der Waals surface area contributed by atoms with Crippen LogP contribution >= 0.6 is 0 Å². The molecule has 106 valence electrons. The van der Waals surface area contributed by atoms with Crippen molar-refractivity contribution in [1.29, 1.82) is 0 Å². The van der Waals surface area contributed by atoms with Gasteiger partial charge in [-0.15, -0.1) is 0 Å². The second-order valence-corrected chi connectivity index (χ2v) is 4.83. The number of halogens is 1. The predicted octanol–water partition coefficient (Wildman–Crippen LogP) is 1.76. The highest BCUT2D eigenvalue weighted by Gasteiger charge is 2.28. The van der Waals surface area contributed by atoms with Gasteiger partial charge < -0.3 is 15.8 Å². The van der Waals surface area contributed by atoms with Crippen molar-refractivity contribution in [2.75, 3.05) is 13.7 Å². The summed E-state index contributed by atoms with van der Waals surface area (Å²) in [7, 11) is 1.69. The van der Waals surface area contributed by atoms with Crippen LogP contribution in [0.5, 0.6) is 5.75 Å². The van der Waals surface area contributed by atoms with Crippen LogP contribution < -0.4 is 15.8 Å². The summed E-state index contributed by atoms with van der Waals surface area (Å²) in [4.78, 5) is 11.3. The summed E-state index contributed by atoms with van der Waals surface area (Å²) in [6.45, 7) is 3.95. The lowest BCUT2D eigenvalue weighted by Gasteiger charge is -2.25. The molecule has 0 spiro atoms. The summed E-state index contributed by atoms with van der Waals surface area (Å²) < 4.78 is 18.8. The van der Waals surface area contributed by atoms with Crippen molar-refractivity contribution in [3.05, 3.63) is 29.6 Å². The second-order valence-electron chi connectivity index (χ2n) is 4.83. The monoisotopic (exact) mass is 268 g/mol.